The van der Waals surface area contributed by atoms with Crippen LogP contribution >= 0.6 is 0 Å². The van der Waals surface area contributed by atoms with Crippen LogP contribution in [0, 0.1) is 5.92 Å². The van der Waals surface area contributed by atoms with Crippen LogP contribution in [0.1, 0.15) is 39.5 Å². The van der Waals surface area contributed by atoms with Gasteiger partial charge in [0.25, 0.3) is 0 Å². The molecule has 1 fully saturated rings. The van der Waals surface area contributed by atoms with Crippen molar-refractivity contribution < 1.29 is 0 Å². The average molecular weight is 236 g/mol. The third kappa shape index (κ3) is 4.11. The molecule has 0 aromatic heterocycles. The average Bonchev–Trinajstić information content (AvgIpc) is 2.56. The molecule has 2 rings (SSSR count). The summed E-state index contributed by atoms with van der Waals surface area (Å²) in [4.78, 5) is 5.33. The second kappa shape index (κ2) is 6.55. The van der Waals surface area contributed by atoms with Crippen molar-refractivity contribution in [3.63, 3.8) is 0 Å². The van der Waals surface area contributed by atoms with Crippen molar-refractivity contribution in [2.45, 2.75) is 45.6 Å². The maximum atomic E-state index is 2.70. The lowest BCUT2D eigenvalue weighted by molar-refractivity contribution is 0.204. The Balaban J connectivity index is 1.76. The lowest BCUT2D eigenvalue weighted by atomic mass is 9.94. The van der Waals surface area contributed by atoms with Crippen molar-refractivity contribution in [2.75, 3.05) is 32.7 Å². The van der Waals surface area contributed by atoms with Gasteiger partial charge in [0.2, 0.25) is 0 Å². The van der Waals surface area contributed by atoms with E-state index in [1.165, 1.54) is 58.4 Å². The zero-order valence-electron chi connectivity index (χ0n) is 11.6. The molecule has 0 aromatic carbocycles. The number of hydrogen-bond acceptors (Lipinski definition) is 2. The molecular weight excluding hydrogens is 208 g/mol. The predicted molar refractivity (Wildman–Crippen MR) is 74.2 cm³/mol. The minimum Gasteiger partial charge on any atom is -0.302 e. The van der Waals surface area contributed by atoms with E-state index in [1.807, 2.05) is 0 Å². The molecule has 2 aliphatic rings. The zero-order valence-corrected chi connectivity index (χ0v) is 11.6. The Hall–Kier alpha value is -0.340. The Morgan fingerprint density at radius 3 is 2.71 bits per heavy atom. The molecule has 98 valence electrons. The van der Waals surface area contributed by atoms with Gasteiger partial charge in [0, 0.05) is 25.7 Å². The molecule has 1 aliphatic heterocycles. The number of hydrogen-bond donors (Lipinski definition) is 0. The highest BCUT2D eigenvalue weighted by Gasteiger charge is 2.19. The molecule has 0 N–H and O–H groups in total. The van der Waals surface area contributed by atoms with Gasteiger partial charge in [-0.2, -0.15) is 0 Å². The van der Waals surface area contributed by atoms with Crippen molar-refractivity contribution in [2.24, 2.45) is 5.92 Å². The number of rotatable bonds is 3. The van der Waals surface area contributed by atoms with Crippen LogP contribution in [0.3, 0.4) is 0 Å². The van der Waals surface area contributed by atoms with Crippen LogP contribution in [0.4, 0.5) is 0 Å². The second-order valence-corrected chi connectivity index (χ2v) is 5.93. The molecule has 17 heavy (non-hydrogen) atoms. The van der Waals surface area contributed by atoms with Gasteiger partial charge in [0.15, 0.2) is 0 Å². The largest absolute Gasteiger partial charge is 0.302 e. The SMILES string of the molecule is CC(C)N1CCCN(C[C@@H]2CC=CCC2)CC1. The summed E-state index contributed by atoms with van der Waals surface area (Å²) in [6.45, 7) is 11.1. The fourth-order valence-corrected chi connectivity index (χ4v) is 3.08. The normalized spacial score (nSPS) is 28.5. The maximum Gasteiger partial charge on any atom is 0.0112 e. The van der Waals surface area contributed by atoms with E-state index in [0.29, 0.717) is 6.04 Å². The molecular formula is C15H28N2. The standard InChI is InChI=1S/C15H28N2/c1-14(2)17-10-6-9-16(11-12-17)13-15-7-4-3-5-8-15/h3-4,14-15H,5-13H2,1-2H3/t15-/m1/s1. The highest BCUT2D eigenvalue weighted by atomic mass is 15.2. The van der Waals surface area contributed by atoms with E-state index in [-0.39, 0.29) is 0 Å². The van der Waals surface area contributed by atoms with Crippen LogP contribution in [-0.2, 0) is 0 Å². The van der Waals surface area contributed by atoms with Gasteiger partial charge in [-0.1, -0.05) is 12.2 Å². The van der Waals surface area contributed by atoms with Gasteiger partial charge in [0.1, 0.15) is 0 Å². The molecule has 0 unspecified atom stereocenters. The molecule has 2 nitrogen and oxygen atoms in total. The Bertz CT molecular complexity index is 247. The second-order valence-electron chi connectivity index (χ2n) is 5.93. The van der Waals surface area contributed by atoms with Crippen molar-refractivity contribution in [1.82, 2.24) is 9.80 Å². The first-order valence-electron chi connectivity index (χ1n) is 7.37. The third-order valence-electron chi connectivity index (χ3n) is 4.25. The number of nitrogens with zero attached hydrogens (tertiary/aromatic N) is 2. The molecule has 0 saturated carbocycles. The summed E-state index contributed by atoms with van der Waals surface area (Å²) in [6, 6.07) is 0.715. The van der Waals surface area contributed by atoms with Crippen LogP contribution in [-0.4, -0.2) is 48.6 Å². The summed E-state index contributed by atoms with van der Waals surface area (Å²) in [5, 5.41) is 0. The zero-order chi connectivity index (χ0) is 12.1. The fourth-order valence-electron chi connectivity index (χ4n) is 3.08. The molecule has 2 heteroatoms. The summed E-state index contributed by atoms with van der Waals surface area (Å²) >= 11 is 0. The van der Waals surface area contributed by atoms with E-state index < -0.39 is 0 Å². The molecule has 1 aliphatic carbocycles. The molecule has 1 saturated heterocycles. The van der Waals surface area contributed by atoms with Gasteiger partial charge in [-0.25, -0.2) is 0 Å². The summed E-state index contributed by atoms with van der Waals surface area (Å²) in [5.74, 6) is 0.922. The van der Waals surface area contributed by atoms with E-state index in [4.69, 9.17) is 0 Å². The fraction of sp³-hybridized carbons (Fsp3) is 0.867. The molecule has 0 spiro atoms. The molecule has 0 aromatic rings. The number of allylic oxidation sites excluding steroid dienone is 2. The molecule has 1 heterocycles. The first-order valence-corrected chi connectivity index (χ1v) is 7.37. The molecule has 0 amide bonds. The summed E-state index contributed by atoms with van der Waals surface area (Å²) in [7, 11) is 0. The molecule has 0 bridgehead atoms. The Morgan fingerprint density at radius 1 is 1.12 bits per heavy atom. The smallest absolute Gasteiger partial charge is 0.0112 e. The van der Waals surface area contributed by atoms with E-state index in [2.05, 4.69) is 35.8 Å². The van der Waals surface area contributed by atoms with Crippen molar-refractivity contribution >= 4 is 0 Å². The van der Waals surface area contributed by atoms with E-state index >= 15 is 0 Å². The van der Waals surface area contributed by atoms with Crippen molar-refractivity contribution in [1.29, 1.82) is 0 Å². The minimum atomic E-state index is 0.715. The lowest BCUT2D eigenvalue weighted by Gasteiger charge is -2.28. The Morgan fingerprint density at radius 2 is 2.00 bits per heavy atom. The molecule has 0 radical (unpaired) electrons. The van der Waals surface area contributed by atoms with E-state index in [9.17, 15) is 0 Å². The van der Waals surface area contributed by atoms with E-state index in [0.717, 1.165) is 5.92 Å². The summed E-state index contributed by atoms with van der Waals surface area (Å²) < 4.78 is 0. The molecule has 1 atom stereocenters. The van der Waals surface area contributed by atoms with Crippen LogP contribution in [0.15, 0.2) is 12.2 Å². The van der Waals surface area contributed by atoms with Gasteiger partial charge in [-0.3, -0.25) is 4.90 Å². The van der Waals surface area contributed by atoms with Crippen LogP contribution in [0.25, 0.3) is 0 Å². The quantitative estimate of drug-likeness (QED) is 0.695. The Kier molecular flexibility index (Phi) is 5.05. The monoisotopic (exact) mass is 236 g/mol. The van der Waals surface area contributed by atoms with Crippen molar-refractivity contribution in [3.05, 3.63) is 12.2 Å². The van der Waals surface area contributed by atoms with Gasteiger partial charge >= 0.3 is 0 Å². The third-order valence-corrected chi connectivity index (χ3v) is 4.25. The first kappa shape index (κ1) is 13.1. The topological polar surface area (TPSA) is 6.48 Å². The lowest BCUT2D eigenvalue weighted by Crippen LogP contribution is -2.36. The predicted octanol–water partition coefficient (Wildman–Crippen LogP) is 2.76. The summed E-state index contributed by atoms with van der Waals surface area (Å²) in [6.07, 6.45) is 10.1. The van der Waals surface area contributed by atoms with Gasteiger partial charge in [-0.05, 0) is 58.5 Å². The Labute approximate surface area is 107 Å². The first-order chi connectivity index (χ1) is 8.25. The van der Waals surface area contributed by atoms with E-state index in [1.54, 1.807) is 0 Å². The van der Waals surface area contributed by atoms with Gasteiger partial charge in [-0.15, -0.1) is 0 Å². The highest BCUT2D eigenvalue weighted by molar-refractivity contribution is 4.91. The highest BCUT2D eigenvalue weighted by Crippen LogP contribution is 2.20. The van der Waals surface area contributed by atoms with Gasteiger partial charge < -0.3 is 4.90 Å². The van der Waals surface area contributed by atoms with Crippen molar-refractivity contribution in [3.8, 4) is 0 Å². The maximum absolute atomic E-state index is 2.70. The van der Waals surface area contributed by atoms with Gasteiger partial charge in [0.05, 0.1) is 0 Å². The van der Waals surface area contributed by atoms with Crippen LogP contribution in [0.2, 0.25) is 0 Å². The van der Waals surface area contributed by atoms with Crippen LogP contribution in [0.5, 0.6) is 0 Å². The summed E-state index contributed by atoms with van der Waals surface area (Å²) in [5.41, 5.74) is 0. The van der Waals surface area contributed by atoms with Crippen LogP contribution < -0.4 is 0 Å². The minimum absolute atomic E-state index is 0.715.